The summed E-state index contributed by atoms with van der Waals surface area (Å²) in [7, 11) is 1.37. The van der Waals surface area contributed by atoms with E-state index in [9.17, 15) is 35.4 Å². The van der Waals surface area contributed by atoms with Gasteiger partial charge in [0.15, 0.2) is 23.6 Å². The molecule has 1 aromatic rings. The highest BCUT2D eigenvalue weighted by atomic mass is 16.7. The predicted octanol–water partition coefficient (Wildman–Crippen LogP) is -2.07. The number of carbonyl (C=O) groups is 1. The van der Waals surface area contributed by atoms with Crippen molar-refractivity contribution in [3.8, 4) is 11.5 Å². The SMILES string of the molecule is CCC(=O)c1ccc(O[C@H]2O[C@H](CO[C@H]3OC[C@](O)(CO)[C@H]3O)[C@@H](O)[C@H](O)[C@H]2O)c(OC)c1. The van der Waals surface area contributed by atoms with Crippen LogP contribution in [0.1, 0.15) is 23.7 Å². The Morgan fingerprint density at radius 3 is 2.45 bits per heavy atom. The number of Topliss-reactive ketones (excluding diaryl/α,β-unsaturated/α-hetero) is 1. The standard InChI is InChI=1S/C21H30O12/c1-3-11(23)10-4-5-12(13(6-10)29-2)32-19-17(26)16(25)15(24)14(33-19)7-30-20-18(27)21(28,8-22)9-31-20/h4-6,14-20,22,24-28H,3,7-9H2,1-2H3/t14-,15-,16+,17-,18+,19+,20+,21-/m1/s1. The van der Waals surface area contributed by atoms with Crippen molar-refractivity contribution in [2.75, 3.05) is 26.9 Å². The van der Waals surface area contributed by atoms with Crippen LogP contribution in [0.4, 0.5) is 0 Å². The number of carbonyl (C=O) groups excluding carboxylic acids is 1. The minimum atomic E-state index is -1.89. The van der Waals surface area contributed by atoms with Gasteiger partial charge in [0.25, 0.3) is 0 Å². The van der Waals surface area contributed by atoms with Gasteiger partial charge in [-0.2, -0.15) is 0 Å². The lowest BCUT2D eigenvalue weighted by atomic mass is 9.99. The second-order valence-electron chi connectivity index (χ2n) is 7.99. The molecule has 2 fully saturated rings. The van der Waals surface area contributed by atoms with E-state index < -0.39 is 61.9 Å². The first-order valence-electron chi connectivity index (χ1n) is 10.5. The van der Waals surface area contributed by atoms with E-state index >= 15 is 0 Å². The molecule has 8 atom stereocenters. The Hall–Kier alpha value is -1.87. The molecule has 0 amide bonds. The van der Waals surface area contributed by atoms with Gasteiger partial charge in [-0.3, -0.25) is 4.79 Å². The zero-order valence-electron chi connectivity index (χ0n) is 18.2. The van der Waals surface area contributed by atoms with E-state index in [1.54, 1.807) is 6.92 Å². The molecule has 33 heavy (non-hydrogen) atoms. The third-order valence-corrected chi connectivity index (χ3v) is 5.72. The molecule has 0 spiro atoms. The third-order valence-electron chi connectivity index (χ3n) is 5.72. The molecular formula is C21H30O12. The highest BCUT2D eigenvalue weighted by Crippen LogP contribution is 2.33. The maximum atomic E-state index is 11.9. The van der Waals surface area contributed by atoms with Crippen LogP contribution in [0.3, 0.4) is 0 Å². The lowest BCUT2D eigenvalue weighted by molar-refractivity contribution is -0.289. The van der Waals surface area contributed by atoms with Gasteiger partial charge in [-0.15, -0.1) is 0 Å². The predicted molar refractivity (Wildman–Crippen MR) is 109 cm³/mol. The Morgan fingerprint density at radius 2 is 1.85 bits per heavy atom. The van der Waals surface area contributed by atoms with E-state index in [1.807, 2.05) is 0 Å². The van der Waals surface area contributed by atoms with Crippen LogP contribution in [-0.4, -0.2) is 112 Å². The first-order chi connectivity index (χ1) is 15.6. The van der Waals surface area contributed by atoms with E-state index in [0.29, 0.717) is 12.0 Å². The second kappa shape index (κ2) is 10.6. The fourth-order valence-electron chi connectivity index (χ4n) is 3.54. The van der Waals surface area contributed by atoms with Gasteiger partial charge in [-0.05, 0) is 18.2 Å². The number of ether oxygens (including phenoxy) is 5. The Balaban J connectivity index is 1.69. The molecule has 0 saturated carbocycles. The van der Waals surface area contributed by atoms with Crippen molar-refractivity contribution in [3.63, 3.8) is 0 Å². The summed E-state index contributed by atoms with van der Waals surface area (Å²) in [5.74, 6) is 0.221. The lowest BCUT2D eigenvalue weighted by Crippen LogP contribution is -2.60. The molecule has 0 bridgehead atoms. The van der Waals surface area contributed by atoms with Crippen molar-refractivity contribution in [2.45, 2.75) is 62.0 Å². The van der Waals surface area contributed by atoms with Crippen molar-refractivity contribution in [1.82, 2.24) is 0 Å². The van der Waals surface area contributed by atoms with Crippen LogP contribution in [0, 0.1) is 0 Å². The molecule has 12 nitrogen and oxygen atoms in total. The first-order valence-corrected chi connectivity index (χ1v) is 10.5. The van der Waals surface area contributed by atoms with E-state index in [-0.39, 0.29) is 23.9 Å². The highest BCUT2D eigenvalue weighted by molar-refractivity contribution is 5.96. The van der Waals surface area contributed by atoms with Crippen molar-refractivity contribution in [1.29, 1.82) is 0 Å². The Morgan fingerprint density at radius 1 is 1.12 bits per heavy atom. The average Bonchev–Trinajstić information content (AvgIpc) is 3.12. The summed E-state index contributed by atoms with van der Waals surface area (Å²) in [6.07, 6.45) is -10.1. The maximum Gasteiger partial charge on any atom is 0.229 e. The van der Waals surface area contributed by atoms with Gasteiger partial charge < -0.3 is 54.3 Å². The largest absolute Gasteiger partial charge is 0.493 e. The molecule has 2 saturated heterocycles. The fourth-order valence-corrected chi connectivity index (χ4v) is 3.54. The molecule has 0 unspecified atom stereocenters. The number of hydrogen-bond donors (Lipinski definition) is 6. The number of rotatable bonds is 9. The minimum Gasteiger partial charge on any atom is -0.493 e. The van der Waals surface area contributed by atoms with Crippen LogP contribution in [0.5, 0.6) is 11.5 Å². The molecule has 0 radical (unpaired) electrons. The van der Waals surface area contributed by atoms with E-state index in [2.05, 4.69) is 0 Å². The highest BCUT2D eigenvalue weighted by Gasteiger charge is 2.50. The molecular weight excluding hydrogens is 444 g/mol. The van der Waals surface area contributed by atoms with Gasteiger partial charge >= 0.3 is 0 Å². The second-order valence-corrected chi connectivity index (χ2v) is 7.99. The Kier molecular flexibility index (Phi) is 8.26. The molecule has 2 aliphatic heterocycles. The smallest absolute Gasteiger partial charge is 0.229 e. The minimum absolute atomic E-state index is 0.103. The van der Waals surface area contributed by atoms with Crippen molar-refractivity contribution in [2.24, 2.45) is 0 Å². The molecule has 2 aliphatic rings. The molecule has 186 valence electrons. The van der Waals surface area contributed by atoms with Crippen molar-refractivity contribution >= 4 is 5.78 Å². The number of ketones is 1. The zero-order chi connectivity index (χ0) is 24.3. The molecule has 0 aliphatic carbocycles. The van der Waals surface area contributed by atoms with Gasteiger partial charge in [0, 0.05) is 12.0 Å². The number of benzene rings is 1. The van der Waals surface area contributed by atoms with Crippen LogP contribution in [-0.2, 0) is 14.2 Å². The number of aliphatic hydroxyl groups is 6. The lowest BCUT2D eigenvalue weighted by Gasteiger charge is -2.40. The molecule has 12 heteroatoms. The number of aliphatic hydroxyl groups excluding tert-OH is 5. The topological polar surface area (TPSA) is 185 Å². The van der Waals surface area contributed by atoms with Gasteiger partial charge in [-0.25, -0.2) is 0 Å². The summed E-state index contributed by atoms with van der Waals surface area (Å²) in [5.41, 5.74) is -1.48. The van der Waals surface area contributed by atoms with E-state index in [4.69, 9.17) is 23.7 Å². The van der Waals surface area contributed by atoms with Crippen molar-refractivity contribution < 1.29 is 59.1 Å². The summed E-state index contributed by atoms with van der Waals surface area (Å²) in [4.78, 5) is 11.9. The monoisotopic (exact) mass is 474 g/mol. The number of methoxy groups -OCH3 is 1. The third kappa shape index (κ3) is 5.29. The van der Waals surface area contributed by atoms with E-state index in [1.165, 1.54) is 25.3 Å². The van der Waals surface area contributed by atoms with Gasteiger partial charge in [0.2, 0.25) is 6.29 Å². The summed E-state index contributed by atoms with van der Waals surface area (Å²) in [5, 5.41) is 60.2. The fraction of sp³-hybridized carbons (Fsp3) is 0.667. The molecule has 3 rings (SSSR count). The molecule has 1 aromatic carbocycles. The summed E-state index contributed by atoms with van der Waals surface area (Å²) in [6.45, 7) is 0.199. The van der Waals surface area contributed by atoms with Gasteiger partial charge in [0.1, 0.15) is 36.1 Å². The van der Waals surface area contributed by atoms with Gasteiger partial charge in [-0.1, -0.05) is 6.92 Å². The average molecular weight is 474 g/mol. The molecule has 6 N–H and O–H groups in total. The van der Waals surface area contributed by atoms with Crippen LogP contribution < -0.4 is 9.47 Å². The normalized spacial score (nSPS) is 36.5. The summed E-state index contributed by atoms with van der Waals surface area (Å²) >= 11 is 0. The summed E-state index contributed by atoms with van der Waals surface area (Å²) < 4.78 is 27.0. The molecule has 2 heterocycles. The van der Waals surface area contributed by atoms with Crippen LogP contribution in [0.25, 0.3) is 0 Å². The maximum absolute atomic E-state index is 11.9. The first kappa shape index (κ1) is 25.7. The van der Waals surface area contributed by atoms with Crippen LogP contribution in [0.2, 0.25) is 0 Å². The van der Waals surface area contributed by atoms with E-state index in [0.717, 1.165) is 0 Å². The molecule has 0 aromatic heterocycles. The number of hydrogen-bond acceptors (Lipinski definition) is 12. The van der Waals surface area contributed by atoms with Crippen molar-refractivity contribution in [3.05, 3.63) is 23.8 Å². The van der Waals surface area contributed by atoms with Crippen LogP contribution in [0.15, 0.2) is 18.2 Å². The Bertz CT molecular complexity index is 818. The summed E-state index contributed by atoms with van der Waals surface area (Å²) in [6, 6.07) is 4.45. The zero-order valence-corrected chi connectivity index (χ0v) is 18.2. The Labute approximate surface area is 189 Å². The van der Waals surface area contributed by atoms with Gasteiger partial charge in [0.05, 0.1) is 26.9 Å². The van der Waals surface area contributed by atoms with Crippen LogP contribution >= 0.6 is 0 Å². The quantitative estimate of drug-likeness (QED) is 0.215.